The van der Waals surface area contributed by atoms with Crippen molar-refractivity contribution in [3.05, 3.63) is 23.8 Å². The molecule has 0 bridgehead atoms. The molecule has 1 fully saturated rings. The van der Waals surface area contributed by atoms with Crippen LogP contribution in [-0.2, 0) is 0 Å². The van der Waals surface area contributed by atoms with Crippen molar-refractivity contribution in [3.63, 3.8) is 0 Å². The zero-order chi connectivity index (χ0) is 11.5. The average molecular weight is 220 g/mol. The summed E-state index contributed by atoms with van der Waals surface area (Å²) in [5, 5.41) is 13.3. The van der Waals surface area contributed by atoms with Crippen LogP contribution in [0.5, 0.6) is 0 Å². The van der Waals surface area contributed by atoms with E-state index in [1.165, 1.54) is 6.42 Å². The lowest BCUT2D eigenvalue weighted by atomic mass is 9.92. The van der Waals surface area contributed by atoms with Gasteiger partial charge in [0, 0.05) is 0 Å². The summed E-state index contributed by atoms with van der Waals surface area (Å²) < 4.78 is 0. The molecule has 0 aliphatic heterocycles. The normalized spacial score (nSPS) is 25.4. The van der Waals surface area contributed by atoms with Crippen LogP contribution in [0.2, 0.25) is 0 Å². The van der Waals surface area contributed by atoms with Gasteiger partial charge in [0.25, 0.3) is 0 Å². The number of para-hydroxylation sites is 1. The predicted octanol–water partition coefficient (Wildman–Crippen LogP) is 2.29. The summed E-state index contributed by atoms with van der Waals surface area (Å²) in [6.45, 7) is 2.00. The summed E-state index contributed by atoms with van der Waals surface area (Å²) in [5.74, 6) is 0. The summed E-state index contributed by atoms with van der Waals surface area (Å²) in [5.41, 5.74) is 8.82. The number of rotatable bonds is 2. The van der Waals surface area contributed by atoms with Crippen molar-refractivity contribution in [2.45, 2.75) is 44.8 Å². The maximum atomic E-state index is 9.89. The highest BCUT2D eigenvalue weighted by Gasteiger charge is 2.23. The van der Waals surface area contributed by atoms with Crippen LogP contribution in [0.1, 0.15) is 31.2 Å². The second kappa shape index (κ2) is 4.74. The highest BCUT2D eigenvalue weighted by molar-refractivity contribution is 5.69. The predicted molar refractivity (Wildman–Crippen MR) is 67.5 cm³/mol. The molecule has 0 spiro atoms. The molecule has 2 rings (SSSR count). The third-order valence-corrected chi connectivity index (χ3v) is 3.39. The molecule has 1 aliphatic rings. The minimum atomic E-state index is -0.242. The molecule has 1 aromatic carbocycles. The summed E-state index contributed by atoms with van der Waals surface area (Å²) in [7, 11) is 0. The Hall–Kier alpha value is -1.22. The van der Waals surface area contributed by atoms with Crippen molar-refractivity contribution in [2.24, 2.45) is 0 Å². The van der Waals surface area contributed by atoms with Crippen molar-refractivity contribution in [1.82, 2.24) is 0 Å². The largest absolute Gasteiger partial charge is 0.397 e. The number of nitrogens with one attached hydrogen (secondary N) is 1. The van der Waals surface area contributed by atoms with Gasteiger partial charge in [-0.25, -0.2) is 0 Å². The maximum absolute atomic E-state index is 9.89. The molecule has 0 radical (unpaired) electrons. The van der Waals surface area contributed by atoms with Gasteiger partial charge in [-0.2, -0.15) is 0 Å². The Morgan fingerprint density at radius 3 is 2.81 bits per heavy atom. The van der Waals surface area contributed by atoms with Gasteiger partial charge in [-0.05, 0) is 31.4 Å². The Balaban J connectivity index is 2.10. The van der Waals surface area contributed by atoms with E-state index in [0.717, 1.165) is 36.2 Å². The molecule has 1 aliphatic carbocycles. The van der Waals surface area contributed by atoms with Crippen LogP contribution in [0.3, 0.4) is 0 Å². The number of nitrogens with two attached hydrogens (primary N) is 1. The van der Waals surface area contributed by atoms with Gasteiger partial charge in [0.1, 0.15) is 0 Å². The Labute approximate surface area is 96.7 Å². The SMILES string of the molecule is Cc1cccc(NC2CCCCC2O)c1N. The first-order chi connectivity index (χ1) is 7.68. The summed E-state index contributed by atoms with van der Waals surface area (Å²) >= 11 is 0. The Morgan fingerprint density at radius 2 is 2.06 bits per heavy atom. The van der Waals surface area contributed by atoms with Crippen LogP contribution in [-0.4, -0.2) is 17.3 Å². The van der Waals surface area contributed by atoms with Gasteiger partial charge >= 0.3 is 0 Å². The van der Waals surface area contributed by atoms with Gasteiger partial charge in [-0.3, -0.25) is 0 Å². The fraction of sp³-hybridized carbons (Fsp3) is 0.538. The fourth-order valence-corrected chi connectivity index (χ4v) is 2.29. The quantitative estimate of drug-likeness (QED) is 0.670. The van der Waals surface area contributed by atoms with Crippen LogP contribution < -0.4 is 11.1 Å². The lowest BCUT2D eigenvalue weighted by Gasteiger charge is -2.29. The lowest BCUT2D eigenvalue weighted by molar-refractivity contribution is 0.116. The molecule has 4 N–H and O–H groups in total. The molecule has 16 heavy (non-hydrogen) atoms. The van der Waals surface area contributed by atoms with Crippen molar-refractivity contribution in [3.8, 4) is 0 Å². The number of benzene rings is 1. The number of aliphatic hydroxyl groups excluding tert-OH is 1. The van der Waals surface area contributed by atoms with Crippen molar-refractivity contribution in [1.29, 1.82) is 0 Å². The first-order valence-electron chi connectivity index (χ1n) is 5.98. The van der Waals surface area contributed by atoms with Crippen molar-refractivity contribution in [2.75, 3.05) is 11.1 Å². The smallest absolute Gasteiger partial charge is 0.0741 e. The monoisotopic (exact) mass is 220 g/mol. The van der Waals surface area contributed by atoms with E-state index >= 15 is 0 Å². The number of anilines is 2. The first kappa shape index (κ1) is 11.3. The molecule has 0 amide bonds. The van der Waals surface area contributed by atoms with Gasteiger partial charge in [0.15, 0.2) is 0 Å². The van der Waals surface area contributed by atoms with Gasteiger partial charge in [0.05, 0.1) is 23.5 Å². The molecule has 1 aromatic rings. The van der Waals surface area contributed by atoms with Crippen molar-refractivity contribution >= 4 is 11.4 Å². The van der Waals surface area contributed by atoms with Crippen LogP contribution in [0.15, 0.2) is 18.2 Å². The molecular weight excluding hydrogens is 200 g/mol. The molecule has 0 saturated heterocycles. The zero-order valence-corrected chi connectivity index (χ0v) is 9.74. The molecule has 2 atom stereocenters. The average Bonchev–Trinajstić information content (AvgIpc) is 2.28. The minimum Gasteiger partial charge on any atom is -0.397 e. The highest BCUT2D eigenvalue weighted by Crippen LogP contribution is 2.27. The number of nitrogen functional groups attached to an aromatic ring is 1. The molecule has 0 aromatic heterocycles. The minimum absolute atomic E-state index is 0.151. The zero-order valence-electron chi connectivity index (χ0n) is 9.74. The van der Waals surface area contributed by atoms with E-state index in [9.17, 15) is 5.11 Å². The molecule has 0 heterocycles. The van der Waals surface area contributed by atoms with E-state index in [1.807, 2.05) is 25.1 Å². The van der Waals surface area contributed by atoms with E-state index in [0.29, 0.717) is 0 Å². The van der Waals surface area contributed by atoms with Gasteiger partial charge < -0.3 is 16.2 Å². The Morgan fingerprint density at radius 1 is 1.31 bits per heavy atom. The van der Waals surface area contributed by atoms with E-state index in [1.54, 1.807) is 0 Å². The lowest BCUT2D eigenvalue weighted by Crippen LogP contribution is -2.36. The topological polar surface area (TPSA) is 58.3 Å². The standard InChI is InChI=1S/C13H20N2O/c1-9-5-4-7-11(13(9)14)15-10-6-2-3-8-12(10)16/h4-5,7,10,12,15-16H,2-3,6,8,14H2,1H3. The summed E-state index contributed by atoms with van der Waals surface area (Å²) in [6.07, 6.45) is 3.98. The van der Waals surface area contributed by atoms with E-state index in [2.05, 4.69) is 5.32 Å². The van der Waals surface area contributed by atoms with E-state index in [4.69, 9.17) is 5.73 Å². The van der Waals surface area contributed by atoms with Crippen LogP contribution >= 0.6 is 0 Å². The first-order valence-corrected chi connectivity index (χ1v) is 5.98. The number of aryl methyl sites for hydroxylation is 1. The second-order valence-electron chi connectivity index (χ2n) is 4.64. The molecular formula is C13H20N2O. The molecule has 1 saturated carbocycles. The summed E-state index contributed by atoms with van der Waals surface area (Å²) in [4.78, 5) is 0. The van der Waals surface area contributed by atoms with Crippen molar-refractivity contribution < 1.29 is 5.11 Å². The number of hydrogen-bond donors (Lipinski definition) is 3. The van der Waals surface area contributed by atoms with E-state index in [-0.39, 0.29) is 12.1 Å². The number of aliphatic hydroxyl groups is 1. The Kier molecular flexibility index (Phi) is 3.34. The number of hydrogen-bond acceptors (Lipinski definition) is 3. The molecule has 3 heteroatoms. The van der Waals surface area contributed by atoms with Gasteiger partial charge in [0.2, 0.25) is 0 Å². The third kappa shape index (κ3) is 2.30. The maximum Gasteiger partial charge on any atom is 0.0741 e. The van der Waals surface area contributed by atoms with E-state index < -0.39 is 0 Å². The Bertz CT molecular complexity index is 365. The van der Waals surface area contributed by atoms with Gasteiger partial charge in [-0.15, -0.1) is 0 Å². The molecule has 3 nitrogen and oxygen atoms in total. The summed E-state index contributed by atoms with van der Waals surface area (Å²) in [6, 6.07) is 6.11. The van der Waals surface area contributed by atoms with Crippen LogP contribution in [0.4, 0.5) is 11.4 Å². The fourth-order valence-electron chi connectivity index (χ4n) is 2.29. The van der Waals surface area contributed by atoms with Gasteiger partial charge in [-0.1, -0.05) is 25.0 Å². The highest BCUT2D eigenvalue weighted by atomic mass is 16.3. The second-order valence-corrected chi connectivity index (χ2v) is 4.64. The third-order valence-electron chi connectivity index (χ3n) is 3.39. The molecule has 2 unspecified atom stereocenters. The van der Waals surface area contributed by atoms with Crippen LogP contribution in [0, 0.1) is 6.92 Å². The van der Waals surface area contributed by atoms with Crippen LogP contribution in [0.25, 0.3) is 0 Å². The molecule has 88 valence electrons.